The molecule has 0 aromatic heterocycles. The maximum absolute atomic E-state index is 8.47. The number of nitrogen functional groups attached to an aromatic ring is 1. The van der Waals surface area contributed by atoms with E-state index in [1.165, 1.54) is 0 Å². The van der Waals surface area contributed by atoms with Gasteiger partial charge in [-0.1, -0.05) is 11.8 Å². The third-order valence-corrected chi connectivity index (χ3v) is 1.38. The Hall–Kier alpha value is -1.46. The standard InChI is InChI=1S/C10H11NO/c11-10-6-4-9(5-7-10)3-1-2-8-12/h4-7,12H,2,8,11H2. The van der Waals surface area contributed by atoms with E-state index in [1.54, 1.807) is 0 Å². The number of aliphatic hydroxyl groups is 1. The van der Waals surface area contributed by atoms with Gasteiger partial charge in [-0.15, -0.1) is 0 Å². The van der Waals surface area contributed by atoms with Gasteiger partial charge in [0.1, 0.15) is 0 Å². The lowest BCUT2D eigenvalue weighted by atomic mass is 10.2. The van der Waals surface area contributed by atoms with Crippen LogP contribution in [0.25, 0.3) is 0 Å². The van der Waals surface area contributed by atoms with E-state index in [-0.39, 0.29) is 6.61 Å². The third-order valence-electron chi connectivity index (χ3n) is 1.38. The minimum atomic E-state index is 0.113. The number of nitrogens with two attached hydrogens (primary N) is 1. The van der Waals surface area contributed by atoms with E-state index in [0.717, 1.165) is 11.3 Å². The number of benzene rings is 1. The number of hydrogen-bond donors (Lipinski definition) is 2. The molecule has 3 N–H and O–H groups in total. The van der Waals surface area contributed by atoms with Crippen LogP contribution in [-0.2, 0) is 0 Å². The van der Waals surface area contributed by atoms with Crippen molar-refractivity contribution in [2.24, 2.45) is 0 Å². The van der Waals surface area contributed by atoms with Crippen molar-refractivity contribution in [1.29, 1.82) is 0 Å². The van der Waals surface area contributed by atoms with Gasteiger partial charge in [-0.25, -0.2) is 0 Å². The molecule has 0 aliphatic heterocycles. The highest BCUT2D eigenvalue weighted by molar-refractivity contribution is 5.44. The Morgan fingerprint density at radius 2 is 1.92 bits per heavy atom. The molecule has 0 amide bonds. The lowest BCUT2D eigenvalue weighted by Crippen LogP contribution is -1.83. The Kier molecular flexibility index (Phi) is 3.18. The molecule has 1 rings (SSSR count). The Bertz CT molecular complexity index is 292. The minimum absolute atomic E-state index is 0.113. The summed E-state index contributed by atoms with van der Waals surface area (Å²) in [7, 11) is 0. The smallest absolute Gasteiger partial charge is 0.0540 e. The Morgan fingerprint density at radius 3 is 2.50 bits per heavy atom. The van der Waals surface area contributed by atoms with Crippen molar-refractivity contribution in [2.75, 3.05) is 12.3 Å². The van der Waals surface area contributed by atoms with Crippen LogP contribution in [0.2, 0.25) is 0 Å². The fourth-order valence-electron chi connectivity index (χ4n) is 0.787. The fraction of sp³-hybridized carbons (Fsp3) is 0.200. The molecular formula is C10H11NO. The largest absolute Gasteiger partial charge is 0.399 e. The van der Waals surface area contributed by atoms with Gasteiger partial charge in [0.25, 0.3) is 0 Å². The summed E-state index contributed by atoms with van der Waals surface area (Å²) in [5.74, 6) is 5.74. The van der Waals surface area contributed by atoms with Crippen LogP contribution in [0, 0.1) is 11.8 Å². The highest BCUT2D eigenvalue weighted by atomic mass is 16.2. The lowest BCUT2D eigenvalue weighted by molar-refractivity contribution is 0.305. The van der Waals surface area contributed by atoms with E-state index in [4.69, 9.17) is 10.8 Å². The summed E-state index contributed by atoms with van der Waals surface area (Å²) in [6.07, 6.45) is 0.518. The van der Waals surface area contributed by atoms with E-state index in [2.05, 4.69) is 11.8 Å². The molecule has 0 aliphatic carbocycles. The van der Waals surface area contributed by atoms with Crippen LogP contribution in [-0.4, -0.2) is 11.7 Å². The second-order valence-corrected chi connectivity index (χ2v) is 2.40. The molecule has 0 heterocycles. The van der Waals surface area contributed by atoms with E-state index in [0.29, 0.717) is 6.42 Å². The van der Waals surface area contributed by atoms with Gasteiger partial charge < -0.3 is 10.8 Å². The van der Waals surface area contributed by atoms with Crippen molar-refractivity contribution in [3.05, 3.63) is 29.8 Å². The van der Waals surface area contributed by atoms with Crippen LogP contribution in [0.15, 0.2) is 24.3 Å². The van der Waals surface area contributed by atoms with Crippen LogP contribution in [0.3, 0.4) is 0 Å². The molecular weight excluding hydrogens is 150 g/mol. The normalized spacial score (nSPS) is 8.75. The molecule has 0 atom stereocenters. The summed E-state index contributed by atoms with van der Waals surface area (Å²) in [5.41, 5.74) is 7.16. The Morgan fingerprint density at radius 1 is 1.25 bits per heavy atom. The zero-order valence-corrected chi connectivity index (χ0v) is 6.75. The molecule has 0 unspecified atom stereocenters. The maximum Gasteiger partial charge on any atom is 0.0540 e. The minimum Gasteiger partial charge on any atom is -0.399 e. The molecule has 1 aromatic rings. The van der Waals surface area contributed by atoms with Crippen LogP contribution in [0.5, 0.6) is 0 Å². The van der Waals surface area contributed by atoms with Gasteiger partial charge in [0.05, 0.1) is 6.61 Å². The second kappa shape index (κ2) is 4.42. The molecule has 0 fully saturated rings. The Balaban J connectivity index is 2.66. The van der Waals surface area contributed by atoms with E-state index < -0.39 is 0 Å². The monoisotopic (exact) mass is 161 g/mol. The summed E-state index contributed by atoms with van der Waals surface area (Å²) in [4.78, 5) is 0. The van der Waals surface area contributed by atoms with Crippen molar-refractivity contribution < 1.29 is 5.11 Å². The first-order chi connectivity index (χ1) is 5.83. The first-order valence-corrected chi connectivity index (χ1v) is 3.78. The molecule has 0 saturated carbocycles. The van der Waals surface area contributed by atoms with Gasteiger partial charge in [0.15, 0.2) is 0 Å². The molecule has 62 valence electrons. The zero-order valence-electron chi connectivity index (χ0n) is 6.75. The van der Waals surface area contributed by atoms with Crippen LogP contribution in [0.1, 0.15) is 12.0 Å². The van der Waals surface area contributed by atoms with Crippen molar-refractivity contribution in [3.8, 4) is 11.8 Å². The van der Waals surface area contributed by atoms with Crippen molar-refractivity contribution in [2.45, 2.75) is 6.42 Å². The van der Waals surface area contributed by atoms with Gasteiger partial charge in [0, 0.05) is 17.7 Å². The van der Waals surface area contributed by atoms with Crippen LogP contribution < -0.4 is 5.73 Å². The average Bonchev–Trinajstić information content (AvgIpc) is 2.09. The summed E-state index contributed by atoms with van der Waals surface area (Å²) in [6.45, 7) is 0.113. The summed E-state index contributed by atoms with van der Waals surface area (Å²) in [6, 6.07) is 7.34. The molecule has 1 aromatic carbocycles. The Labute approximate surface area is 72.0 Å². The van der Waals surface area contributed by atoms with E-state index in [1.807, 2.05) is 24.3 Å². The molecule has 0 bridgehead atoms. The topological polar surface area (TPSA) is 46.2 Å². The van der Waals surface area contributed by atoms with Crippen LogP contribution >= 0.6 is 0 Å². The molecule has 2 nitrogen and oxygen atoms in total. The quantitative estimate of drug-likeness (QED) is 0.477. The summed E-state index contributed by atoms with van der Waals surface area (Å²) < 4.78 is 0. The van der Waals surface area contributed by atoms with Gasteiger partial charge in [-0.3, -0.25) is 0 Å². The van der Waals surface area contributed by atoms with Gasteiger partial charge in [-0.05, 0) is 24.3 Å². The van der Waals surface area contributed by atoms with Crippen molar-refractivity contribution >= 4 is 5.69 Å². The number of aliphatic hydroxyl groups excluding tert-OH is 1. The maximum atomic E-state index is 8.47. The molecule has 12 heavy (non-hydrogen) atoms. The predicted octanol–water partition coefficient (Wildman–Crippen LogP) is 1.00. The SMILES string of the molecule is Nc1ccc(C#CCCO)cc1. The number of rotatable bonds is 1. The highest BCUT2D eigenvalue weighted by Crippen LogP contribution is 2.03. The third kappa shape index (κ3) is 2.65. The second-order valence-electron chi connectivity index (χ2n) is 2.40. The molecule has 0 saturated heterocycles. The van der Waals surface area contributed by atoms with Gasteiger partial charge >= 0.3 is 0 Å². The van der Waals surface area contributed by atoms with Crippen molar-refractivity contribution in [1.82, 2.24) is 0 Å². The van der Waals surface area contributed by atoms with Gasteiger partial charge in [-0.2, -0.15) is 0 Å². The first kappa shape index (κ1) is 8.63. The number of hydrogen-bond acceptors (Lipinski definition) is 2. The molecule has 0 aliphatic rings. The average molecular weight is 161 g/mol. The molecule has 2 heteroatoms. The summed E-state index contributed by atoms with van der Waals surface area (Å²) >= 11 is 0. The fourth-order valence-corrected chi connectivity index (χ4v) is 0.787. The first-order valence-electron chi connectivity index (χ1n) is 3.78. The van der Waals surface area contributed by atoms with E-state index in [9.17, 15) is 0 Å². The summed E-state index contributed by atoms with van der Waals surface area (Å²) in [5, 5.41) is 8.47. The van der Waals surface area contributed by atoms with Gasteiger partial charge in [0.2, 0.25) is 0 Å². The van der Waals surface area contributed by atoms with E-state index >= 15 is 0 Å². The predicted molar refractivity (Wildman–Crippen MR) is 49.4 cm³/mol. The lowest BCUT2D eigenvalue weighted by Gasteiger charge is -1.91. The highest BCUT2D eigenvalue weighted by Gasteiger charge is 1.84. The molecule has 0 radical (unpaired) electrons. The van der Waals surface area contributed by atoms with Crippen LogP contribution in [0.4, 0.5) is 5.69 Å². The molecule has 0 spiro atoms. The van der Waals surface area contributed by atoms with Crippen molar-refractivity contribution in [3.63, 3.8) is 0 Å². The zero-order chi connectivity index (χ0) is 8.81. The number of anilines is 1.